The van der Waals surface area contributed by atoms with Gasteiger partial charge in [-0.15, -0.1) is 0 Å². The van der Waals surface area contributed by atoms with Gasteiger partial charge in [-0.2, -0.15) is 5.26 Å². The second-order valence-corrected chi connectivity index (χ2v) is 5.19. The van der Waals surface area contributed by atoms with Crippen molar-refractivity contribution in [3.05, 3.63) is 29.8 Å². The number of para-hydroxylation sites is 1. The van der Waals surface area contributed by atoms with Gasteiger partial charge >= 0.3 is 0 Å². The number of anilines is 1. The number of aryl methyl sites for hydroxylation is 1. The minimum absolute atomic E-state index is 0.0555. The first-order valence-electron chi connectivity index (χ1n) is 6.41. The number of amides is 1. The summed E-state index contributed by atoms with van der Waals surface area (Å²) in [5.74, 6) is -0.124. The Morgan fingerprint density at radius 1 is 1.42 bits per heavy atom. The van der Waals surface area contributed by atoms with Crippen molar-refractivity contribution < 1.29 is 4.79 Å². The molecule has 0 aliphatic rings. The van der Waals surface area contributed by atoms with E-state index in [1.807, 2.05) is 45.0 Å². The summed E-state index contributed by atoms with van der Waals surface area (Å²) in [6.07, 6.45) is 0. The van der Waals surface area contributed by atoms with Crippen molar-refractivity contribution in [2.45, 2.75) is 33.2 Å². The molecule has 1 aromatic rings. The van der Waals surface area contributed by atoms with Crippen molar-refractivity contribution in [2.24, 2.45) is 5.92 Å². The molecule has 1 rings (SSSR count). The third-order valence-electron chi connectivity index (χ3n) is 3.37. The van der Waals surface area contributed by atoms with Crippen molar-refractivity contribution in [2.75, 3.05) is 11.9 Å². The summed E-state index contributed by atoms with van der Waals surface area (Å²) in [4.78, 5) is 11.9. The molecule has 0 radical (unpaired) electrons. The molecular weight excluding hydrogens is 238 g/mol. The van der Waals surface area contributed by atoms with E-state index in [9.17, 15) is 4.79 Å². The molecule has 0 saturated heterocycles. The van der Waals surface area contributed by atoms with Gasteiger partial charge in [-0.1, -0.05) is 32.0 Å². The maximum absolute atomic E-state index is 11.9. The quantitative estimate of drug-likeness (QED) is 0.853. The van der Waals surface area contributed by atoms with Crippen LogP contribution in [-0.2, 0) is 4.79 Å². The van der Waals surface area contributed by atoms with Crippen LogP contribution >= 0.6 is 0 Å². The first-order chi connectivity index (χ1) is 8.89. The summed E-state index contributed by atoms with van der Waals surface area (Å²) >= 11 is 0. The van der Waals surface area contributed by atoms with E-state index < -0.39 is 5.54 Å². The second-order valence-electron chi connectivity index (χ2n) is 5.19. The molecule has 0 aliphatic heterocycles. The number of carbonyl (C=O) groups is 1. The lowest BCUT2D eigenvalue weighted by Crippen LogP contribution is -2.50. The van der Waals surface area contributed by atoms with Gasteiger partial charge in [0.05, 0.1) is 12.6 Å². The van der Waals surface area contributed by atoms with Crippen molar-refractivity contribution >= 4 is 11.6 Å². The number of nitrogens with one attached hydrogen (secondary N) is 2. The van der Waals surface area contributed by atoms with Crippen LogP contribution in [-0.4, -0.2) is 18.0 Å². The summed E-state index contributed by atoms with van der Waals surface area (Å²) in [5, 5.41) is 15.0. The van der Waals surface area contributed by atoms with Crippen LogP contribution < -0.4 is 10.6 Å². The van der Waals surface area contributed by atoms with Crippen molar-refractivity contribution in [3.63, 3.8) is 0 Å². The first-order valence-corrected chi connectivity index (χ1v) is 6.41. The number of hydrogen-bond donors (Lipinski definition) is 2. The molecule has 0 aromatic heterocycles. The molecule has 1 aromatic carbocycles. The molecule has 0 fully saturated rings. The third kappa shape index (κ3) is 3.99. The fourth-order valence-electron chi connectivity index (χ4n) is 1.58. The van der Waals surface area contributed by atoms with E-state index in [0.717, 1.165) is 11.3 Å². The van der Waals surface area contributed by atoms with Gasteiger partial charge in [0.1, 0.15) is 5.54 Å². The zero-order valence-electron chi connectivity index (χ0n) is 11.9. The molecule has 0 heterocycles. The highest BCUT2D eigenvalue weighted by Gasteiger charge is 2.29. The normalized spacial score (nSPS) is 13.5. The second kappa shape index (κ2) is 6.24. The zero-order valence-corrected chi connectivity index (χ0v) is 11.9. The molecule has 0 spiro atoms. The van der Waals surface area contributed by atoms with E-state index in [0.29, 0.717) is 0 Å². The van der Waals surface area contributed by atoms with Crippen LogP contribution in [0.4, 0.5) is 5.69 Å². The molecule has 4 heteroatoms. The van der Waals surface area contributed by atoms with Crippen LogP contribution in [0.3, 0.4) is 0 Å². The average molecular weight is 259 g/mol. The number of benzene rings is 1. The Labute approximate surface area is 114 Å². The summed E-state index contributed by atoms with van der Waals surface area (Å²) < 4.78 is 0. The van der Waals surface area contributed by atoms with Gasteiger partial charge in [0.2, 0.25) is 5.91 Å². The van der Waals surface area contributed by atoms with Crippen LogP contribution in [0.5, 0.6) is 0 Å². The van der Waals surface area contributed by atoms with E-state index in [1.165, 1.54) is 0 Å². The van der Waals surface area contributed by atoms with Crippen LogP contribution in [0, 0.1) is 24.2 Å². The van der Waals surface area contributed by atoms with Gasteiger partial charge in [-0.05, 0) is 31.4 Å². The summed E-state index contributed by atoms with van der Waals surface area (Å²) in [7, 11) is 0. The summed E-state index contributed by atoms with van der Waals surface area (Å²) in [6, 6.07) is 9.93. The fraction of sp³-hybridized carbons (Fsp3) is 0.467. The Hall–Kier alpha value is -2.02. The van der Waals surface area contributed by atoms with Gasteiger partial charge in [-0.25, -0.2) is 0 Å². The lowest BCUT2D eigenvalue weighted by molar-refractivity contribution is -0.121. The SMILES string of the molecule is Cc1ccccc1NCC(=O)N[C@@](C)(C#N)C(C)C. The Balaban J connectivity index is 2.58. The highest BCUT2D eigenvalue weighted by molar-refractivity contribution is 5.82. The van der Waals surface area contributed by atoms with Crippen LogP contribution in [0.25, 0.3) is 0 Å². The van der Waals surface area contributed by atoms with Gasteiger partial charge in [0, 0.05) is 5.69 Å². The van der Waals surface area contributed by atoms with Gasteiger partial charge in [-0.3, -0.25) is 4.79 Å². The van der Waals surface area contributed by atoms with Crippen LogP contribution in [0.15, 0.2) is 24.3 Å². The summed E-state index contributed by atoms with van der Waals surface area (Å²) in [5.41, 5.74) is 1.19. The predicted molar refractivity (Wildman–Crippen MR) is 76.7 cm³/mol. The van der Waals surface area contributed by atoms with Gasteiger partial charge in [0.25, 0.3) is 0 Å². The van der Waals surface area contributed by atoms with Crippen molar-refractivity contribution in [1.82, 2.24) is 5.32 Å². The molecule has 2 N–H and O–H groups in total. The van der Waals surface area contributed by atoms with Gasteiger partial charge < -0.3 is 10.6 Å². The maximum Gasteiger partial charge on any atom is 0.240 e. The molecular formula is C15H21N3O. The van der Waals surface area contributed by atoms with E-state index in [-0.39, 0.29) is 18.4 Å². The number of carbonyl (C=O) groups excluding carboxylic acids is 1. The van der Waals surface area contributed by atoms with Crippen LogP contribution in [0.1, 0.15) is 26.3 Å². The fourth-order valence-corrected chi connectivity index (χ4v) is 1.58. The van der Waals surface area contributed by atoms with Crippen molar-refractivity contribution in [1.29, 1.82) is 5.26 Å². The number of nitriles is 1. The number of nitrogens with zero attached hydrogens (tertiary/aromatic N) is 1. The Morgan fingerprint density at radius 2 is 2.05 bits per heavy atom. The smallest absolute Gasteiger partial charge is 0.240 e. The topological polar surface area (TPSA) is 64.9 Å². The van der Waals surface area contributed by atoms with Crippen molar-refractivity contribution in [3.8, 4) is 6.07 Å². The molecule has 1 amide bonds. The molecule has 102 valence electrons. The zero-order chi connectivity index (χ0) is 14.5. The van der Waals surface area contributed by atoms with Gasteiger partial charge in [0.15, 0.2) is 0 Å². The molecule has 0 unspecified atom stereocenters. The number of hydrogen-bond acceptors (Lipinski definition) is 3. The Morgan fingerprint density at radius 3 is 2.58 bits per heavy atom. The average Bonchev–Trinajstić information content (AvgIpc) is 2.37. The van der Waals surface area contributed by atoms with E-state index in [1.54, 1.807) is 6.92 Å². The molecule has 0 saturated carbocycles. The standard InChI is InChI=1S/C15H21N3O/c1-11(2)15(4,10-16)18-14(19)9-17-13-8-6-5-7-12(13)3/h5-8,11,17H,9H2,1-4H3,(H,18,19)/t15-/m0/s1. The molecule has 0 bridgehead atoms. The predicted octanol–water partition coefficient (Wildman–Crippen LogP) is 2.46. The minimum Gasteiger partial charge on any atom is -0.376 e. The molecule has 4 nitrogen and oxygen atoms in total. The van der Waals surface area contributed by atoms with E-state index in [4.69, 9.17) is 5.26 Å². The maximum atomic E-state index is 11.9. The first kappa shape index (κ1) is 15.0. The monoisotopic (exact) mass is 259 g/mol. The minimum atomic E-state index is -0.829. The van der Waals surface area contributed by atoms with E-state index >= 15 is 0 Å². The number of rotatable bonds is 5. The Bertz CT molecular complexity index is 490. The molecule has 1 atom stereocenters. The highest BCUT2D eigenvalue weighted by Crippen LogP contribution is 2.15. The van der Waals surface area contributed by atoms with E-state index in [2.05, 4.69) is 16.7 Å². The lowest BCUT2D eigenvalue weighted by atomic mass is 9.90. The lowest BCUT2D eigenvalue weighted by Gasteiger charge is -2.27. The third-order valence-corrected chi connectivity index (χ3v) is 3.37. The summed E-state index contributed by atoms with van der Waals surface area (Å²) in [6.45, 7) is 7.71. The Kier molecular flexibility index (Phi) is 4.94. The highest BCUT2D eigenvalue weighted by atomic mass is 16.2. The molecule has 19 heavy (non-hydrogen) atoms. The largest absolute Gasteiger partial charge is 0.376 e. The van der Waals surface area contributed by atoms with Crippen LogP contribution in [0.2, 0.25) is 0 Å². The molecule has 0 aliphatic carbocycles.